The molecule has 0 saturated heterocycles. The lowest BCUT2D eigenvalue weighted by atomic mass is 9.87. The van der Waals surface area contributed by atoms with E-state index < -0.39 is 17.4 Å². The third kappa shape index (κ3) is 3.14. The minimum Gasteiger partial charge on any atom is -0.505 e. The second kappa shape index (κ2) is 6.08. The van der Waals surface area contributed by atoms with E-state index in [-0.39, 0.29) is 27.8 Å². The van der Waals surface area contributed by atoms with Gasteiger partial charge in [-0.05, 0) is 53.7 Å². The van der Waals surface area contributed by atoms with Crippen LogP contribution in [0.15, 0.2) is 26.6 Å². The quantitative estimate of drug-likeness (QED) is 0.649. The summed E-state index contributed by atoms with van der Waals surface area (Å²) >= 11 is 2.98. The monoisotopic (exact) mass is 419 g/mol. The van der Waals surface area contributed by atoms with Crippen molar-refractivity contribution in [2.24, 2.45) is 21.5 Å². The fourth-order valence-corrected chi connectivity index (χ4v) is 3.84. The molecular formula is C15H17BrF3N5O. The van der Waals surface area contributed by atoms with Crippen LogP contribution >= 0.6 is 15.9 Å². The van der Waals surface area contributed by atoms with Crippen LogP contribution in [0.4, 0.5) is 18.9 Å². The van der Waals surface area contributed by atoms with Gasteiger partial charge in [-0.25, -0.2) is 4.99 Å². The van der Waals surface area contributed by atoms with Crippen LogP contribution in [0, 0.1) is 0 Å². The molecule has 3 rings (SSSR count). The number of phenols is 1. The van der Waals surface area contributed by atoms with Gasteiger partial charge >= 0.3 is 6.18 Å². The molecule has 10 heteroatoms. The first-order valence-corrected chi connectivity index (χ1v) is 8.53. The molecule has 0 bridgehead atoms. The van der Waals surface area contributed by atoms with Crippen LogP contribution in [-0.2, 0) is 6.18 Å². The maximum absolute atomic E-state index is 13.2. The minimum absolute atomic E-state index is 0.0128. The van der Waals surface area contributed by atoms with Crippen LogP contribution in [0.2, 0.25) is 0 Å². The summed E-state index contributed by atoms with van der Waals surface area (Å²) in [5.41, 5.74) is 9.79. The smallest absolute Gasteiger partial charge is 0.416 e. The first-order valence-electron chi connectivity index (χ1n) is 7.73. The van der Waals surface area contributed by atoms with E-state index in [1.165, 1.54) is 4.90 Å². The zero-order valence-electron chi connectivity index (χ0n) is 13.1. The van der Waals surface area contributed by atoms with E-state index in [0.717, 1.165) is 31.4 Å². The third-order valence-corrected chi connectivity index (χ3v) is 5.07. The van der Waals surface area contributed by atoms with Crippen molar-refractivity contribution in [3.05, 3.63) is 22.2 Å². The molecule has 1 heterocycles. The fourth-order valence-electron chi connectivity index (χ4n) is 3.39. The summed E-state index contributed by atoms with van der Waals surface area (Å²) in [6.45, 7) is 0. The number of nitrogens with zero attached hydrogens (tertiary/aromatic N) is 3. The number of hydrogen-bond donors (Lipinski definition) is 3. The topological polar surface area (TPSA) is 100 Å². The fraction of sp³-hybridized carbons (Fsp3) is 0.467. The number of guanidine groups is 2. The molecule has 1 saturated carbocycles. The molecule has 0 radical (unpaired) electrons. The lowest BCUT2D eigenvalue weighted by Crippen LogP contribution is -2.58. The predicted octanol–water partition coefficient (Wildman–Crippen LogP) is 3.28. The molecule has 1 spiro atoms. The minimum atomic E-state index is -4.57. The molecule has 1 aliphatic heterocycles. The summed E-state index contributed by atoms with van der Waals surface area (Å²) < 4.78 is 39.5. The highest BCUT2D eigenvalue weighted by Crippen LogP contribution is 2.46. The van der Waals surface area contributed by atoms with E-state index in [2.05, 4.69) is 25.9 Å². The maximum atomic E-state index is 13.2. The van der Waals surface area contributed by atoms with Crippen LogP contribution < -0.4 is 16.4 Å². The number of aromatic hydroxyl groups is 1. The van der Waals surface area contributed by atoms with Gasteiger partial charge in [-0.15, -0.1) is 0 Å². The second-order valence-corrected chi connectivity index (χ2v) is 7.00. The van der Waals surface area contributed by atoms with E-state index in [1.54, 1.807) is 0 Å². The number of phenolic OH excluding ortho intramolecular Hbond substituents is 1. The van der Waals surface area contributed by atoms with Crippen molar-refractivity contribution in [3.63, 3.8) is 0 Å². The van der Waals surface area contributed by atoms with Gasteiger partial charge in [-0.3, -0.25) is 4.90 Å². The number of halogens is 4. The van der Waals surface area contributed by atoms with Crippen molar-refractivity contribution < 1.29 is 18.3 Å². The predicted molar refractivity (Wildman–Crippen MR) is 92.3 cm³/mol. The summed E-state index contributed by atoms with van der Waals surface area (Å²) in [4.78, 5) is 9.66. The lowest BCUT2D eigenvalue weighted by Gasteiger charge is -2.45. The van der Waals surface area contributed by atoms with E-state index in [9.17, 15) is 18.3 Å². The van der Waals surface area contributed by atoms with Gasteiger partial charge in [0.2, 0.25) is 11.9 Å². The van der Waals surface area contributed by atoms with Crippen molar-refractivity contribution in [3.8, 4) is 5.75 Å². The number of alkyl halides is 3. The van der Waals surface area contributed by atoms with E-state index in [1.807, 2.05) is 0 Å². The lowest BCUT2D eigenvalue weighted by molar-refractivity contribution is -0.137. The SMILES string of the molecule is NC1=NC2(CCCCC2)N(c2cc(C(F)(F)F)cc(Br)c2O)C(N)=N1. The van der Waals surface area contributed by atoms with Crippen molar-refractivity contribution in [2.45, 2.75) is 43.9 Å². The van der Waals surface area contributed by atoms with Crippen LogP contribution in [-0.4, -0.2) is 22.7 Å². The molecule has 0 atom stereocenters. The summed E-state index contributed by atoms with van der Waals surface area (Å²) in [6, 6.07) is 1.68. The van der Waals surface area contributed by atoms with Crippen molar-refractivity contribution in [2.75, 3.05) is 4.90 Å². The number of aliphatic imine (C=N–C) groups is 2. The maximum Gasteiger partial charge on any atom is 0.416 e. The van der Waals surface area contributed by atoms with Crippen LogP contribution in [0.3, 0.4) is 0 Å². The normalized spacial score (nSPS) is 20.4. The molecule has 1 aromatic carbocycles. The Morgan fingerprint density at radius 2 is 1.80 bits per heavy atom. The summed E-state index contributed by atoms with van der Waals surface area (Å²) in [6.07, 6.45) is -0.841. The van der Waals surface area contributed by atoms with Crippen molar-refractivity contribution in [1.82, 2.24) is 0 Å². The highest BCUT2D eigenvalue weighted by atomic mass is 79.9. The largest absolute Gasteiger partial charge is 0.505 e. The Labute approximate surface area is 150 Å². The molecule has 136 valence electrons. The molecular weight excluding hydrogens is 403 g/mol. The molecule has 25 heavy (non-hydrogen) atoms. The van der Waals surface area contributed by atoms with Crippen molar-refractivity contribution >= 4 is 33.5 Å². The molecule has 6 nitrogen and oxygen atoms in total. The second-order valence-electron chi connectivity index (χ2n) is 6.14. The first-order chi connectivity index (χ1) is 11.6. The van der Waals surface area contributed by atoms with Gasteiger partial charge in [0.15, 0.2) is 5.75 Å². The zero-order valence-corrected chi connectivity index (χ0v) is 14.7. The molecule has 1 aromatic rings. The Morgan fingerprint density at radius 1 is 1.16 bits per heavy atom. The summed E-state index contributed by atoms with van der Waals surface area (Å²) in [7, 11) is 0. The third-order valence-electron chi connectivity index (χ3n) is 4.46. The molecule has 0 unspecified atom stereocenters. The Bertz CT molecular complexity index is 756. The average molecular weight is 420 g/mol. The molecule has 1 fully saturated rings. The summed E-state index contributed by atoms with van der Waals surface area (Å²) in [5.74, 6) is -0.455. The molecule has 0 amide bonds. The van der Waals surface area contributed by atoms with E-state index >= 15 is 0 Å². The summed E-state index contributed by atoms with van der Waals surface area (Å²) in [5, 5.41) is 10.4. The van der Waals surface area contributed by atoms with Gasteiger partial charge in [0, 0.05) is 0 Å². The standard InChI is InChI=1S/C15H17BrF3N5O/c16-9-6-8(15(17,18)19)7-10(11(9)25)24-13(21)22-12(20)23-14(24)4-2-1-3-5-14/h6-7,25H,1-5H2,(H4,20,21,22,23). The highest BCUT2D eigenvalue weighted by Gasteiger charge is 2.44. The van der Waals surface area contributed by atoms with Gasteiger partial charge < -0.3 is 16.6 Å². The van der Waals surface area contributed by atoms with Gasteiger partial charge in [-0.2, -0.15) is 18.2 Å². The average Bonchev–Trinajstić information content (AvgIpc) is 2.50. The van der Waals surface area contributed by atoms with E-state index in [0.29, 0.717) is 12.8 Å². The van der Waals surface area contributed by atoms with Gasteiger partial charge in [0.05, 0.1) is 15.7 Å². The van der Waals surface area contributed by atoms with Gasteiger partial charge in [0.25, 0.3) is 0 Å². The number of rotatable bonds is 1. The first kappa shape index (κ1) is 17.8. The highest BCUT2D eigenvalue weighted by molar-refractivity contribution is 9.10. The number of anilines is 1. The Balaban J connectivity index is 2.19. The Hall–Kier alpha value is -1.97. The van der Waals surface area contributed by atoms with Gasteiger partial charge in [0.1, 0.15) is 5.66 Å². The van der Waals surface area contributed by atoms with Crippen LogP contribution in [0.5, 0.6) is 5.75 Å². The van der Waals surface area contributed by atoms with Crippen LogP contribution in [0.1, 0.15) is 37.7 Å². The van der Waals surface area contributed by atoms with Gasteiger partial charge in [-0.1, -0.05) is 6.42 Å². The number of benzene rings is 1. The molecule has 0 aromatic heterocycles. The van der Waals surface area contributed by atoms with Crippen LogP contribution in [0.25, 0.3) is 0 Å². The molecule has 2 aliphatic rings. The van der Waals surface area contributed by atoms with Crippen molar-refractivity contribution in [1.29, 1.82) is 0 Å². The number of nitrogens with two attached hydrogens (primary N) is 2. The zero-order chi connectivity index (χ0) is 18.4. The Kier molecular flexibility index (Phi) is 4.34. The molecule has 1 aliphatic carbocycles. The van der Waals surface area contributed by atoms with E-state index in [4.69, 9.17) is 11.5 Å². The molecule has 5 N–H and O–H groups in total. The Morgan fingerprint density at radius 3 is 2.40 bits per heavy atom. The number of hydrogen-bond acceptors (Lipinski definition) is 6.